The number of nitrogens with zero attached hydrogens (tertiary/aromatic N) is 1. The van der Waals surface area contributed by atoms with Gasteiger partial charge in [0.05, 0.1) is 0 Å². The second kappa shape index (κ2) is 2.12. The fourth-order valence-corrected chi connectivity index (χ4v) is 0.639. The summed E-state index contributed by atoms with van der Waals surface area (Å²) < 4.78 is 0. The molecule has 0 N–H and O–H groups in total. The smallest absolute Gasteiger partial charge is 0.0467 e. The average Bonchev–Trinajstić information content (AvgIpc) is 1.55. The van der Waals surface area contributed by atoms with Gasteiger partial charge in [0.15, 0.2) is 0 Å². The van der Waals surface area contributed by atoms with E-state index in [2.05, 4.69) is 11.5 Å². The minimum absolute atomic E-state index is 1.23. The minimum atomic E-state index is 1.23. The molecule has 0 unspecified atom stereocenters. The van der Waals surface area contributed by atoms with Crippen molar-refractivity contribution in [2.75, 3.05) is 13.1 Å². The van der Waals surface area contributed by atoms with Gasteiger partial charge < -0.3 is 0 Å². The number of rotatable bonds is 2. The Morgan fingerprint density at radius 3 is 2.57 bits per heavy atom. The third kappa shape index (κ3) is 1.03. The van der Waals surface area contributed by atoms with Gasteiger partial charge in [0.2, 0.25) is 0 Å². The third-order valence-corrected chi connectivity index (χ3v) is 1.21. The lowest BCUT2D eigenvalue weighted by Crippen LogP contribution is -2.33. The van der Waals surface area contributed by atoms with E-state index in [1.807, 2.05) is 12.6 Å². The summed E-state index contributed by atoms with van der Waals surface area (Å²) in [6.07, 6.45) is 3.18. The Balaban J connectivity index is 2.03. The van der Waals surface area contributed by atoms with Crippen LogP contribution in [0.3, 0.4) is 0 Å². The first-order valence-corrected chi connectivity index (χ1v) is 2.63. The summed E-state index contributed by atoms with van der Waals surface area (Å²) in [6.45, 7) is 8.07. The molecule has 1 heteroatoms. The first-order valence-electron chi connectivity index (χ1n) is 2.63. The van der Waals surface area contributed by atoms with Crippen molar-refractivity contribution in [1.82, 2.24) is 4.90 Å². The maximum atomic E-state index is 3.59. The van der Waals surface area contributed by atoms with Crippen molar-refractivity contribution in [3.05, 3.63) is 19.2 Å². The highest BCUT2D eigenvalue weighted by molar-refractivity contribution is 4.89. The molecule has 1 rings (SSSR count). The molecule has 1 aliphatic heterocycles. The molecule has 0 aromatic rings. The molecule has 7 heavy (non-hydrogen) atoms. The van der Waals surface area contributed by atoms with Crippen LogP contribution in [0.25, 0.3) is 0 Å². The number of hydrogen-bond acceptors (Lipinski definition) is 1. The van der Waals surface area contributed by atoms with Crippen LogP contribution in [0, 0.1) is 6.54 Å². The van der Waals surface area contributed by atoms with Gasteiger partial charge >= 0.3 is 0 Å². The third-order valence-electron chi connectivity index (χ3n) is 1.21. The van der Waals surface area contributed by atoms with Gasteiger partial charge in [-0.2, -0.15) is 0 Å². The fraction of sp³-hybridized carbons (Fsp3) is 0.500. The van der Waals surface area contributed by atoms with Crippen molar-refractivity contribution in [2.45, 2.75) is 6.42 Å². The van der Waals surface area contributed by atoms with Crippen molar-refractivity contribution in [3.63, 3.8) is 0 Å². The molecule has 0 aromatic heterocycles. The van der Waals surface area contributed by atoms with Crippen molar-refractivity contribution in [1.29, 1.82) is 0 Å². The van der Waals surface area contributed by atoms with Crippen molar-refractivity contribution < 1.29 is 0 Å². The Morgan fingerprint density at radius 2 is 2.43 bits per heavy atom. The van der Waals surface area contributed by atoms with Gasteiger partial charge in [-0.3, -0.25) is 4.90 Å². The van der Waals surface area contributed by atoms with E-state index in [1.165, 1.54) is 19.5 Å². The van der Waals surface area contributed by atoms with Crippen LogP contribution in [0.4, 0.5) is 0 Å². The van der Waals surface area contributed by atoms with Crippen molar-refractivity contribution in [3.8, 4) is 0 Å². The number of hydrogen-bond donors (Lipinski definition) is 0. The summed E-state index contributed by atoms with van der Waals surface area (Å²) in [5.74, 6) is 0. The van der Waals surface area contributed by atoms with Crippen molar-refractivity contribution in [2.24, 2.45) is 0 Å². The van der Waals surface area contributed by atoms with Crippen LogP contribution in [0.2, 0.25) is 0 Å². The maximum Gasteiger partial charge on any atom is 0.0467 e. The van der Waals surface area contributed by atoms with E-state index in [0.29, 0.717) is 0 Å². The van der Waals surface area contributed by atoms with Crippen LogP contribution in [0.5, 0.6) is 0 Å². The fourth-order valence-electron chi connectivity index (χ4n) is 0.639. The van der Waals surface area contributed by atoms with Crippen LogP contribution in [-0.4, -0.2) is 18.0 Å². The summed E-state index contributed by atoms with van der Waals surface area (Å²) in [5, 5.41) is 0. The van der Waals surface area contributed by atoms with Crippen LogP contribution >= 0.6 is 0 Å². The highest BCUT2D eigenvalue weighted by Gasteiger charge is 2.10. The van der Waals surface area contributed by atoms with Gasteiger partial charge in [-0.15, -0.1) is 6.58 Å². The Bertz CT molecular complexity index is 64.6. The zero-order valence-electron chi connectivity index (χ0n) is 4.43. The molecular weight excluding hydrogens is 88.1 g/mol. The van der Waals surface area contributed by atoms with Gasteiger partial charge in [-0.1, -0.05) is 6.08 Å². The van der Waals surface area contributed by atoms with E-state index in [9.17, 15) is 0 Å². The molecule has 1 aliphatic rings. The van der Waals surface area contributed by atoms with Gasteiger partial charge in [0.25, 0.3) is 0 Å². The van der Waals surface area contributed by atoms with E-state index >= 15 is 0 Å². The monoisotopic (exact) mass is 98.1 g/mol. The van der Waals surface area contributed by atoms with Crippen molar-refractivity contribution >= 4 is 0 Å². The van der Waals surface area contributed by atoms with Crippen LogP contribution < -0.4 is 0 Å². The second-order valence-corrected chi connectivity index (χ2v) is 1.77. The second-order valence-electron chi connectivity index (χ2n) is 1.77. The molecule has 0 aliphatic carbocycles. The topological polar surface area (TPSA) is 3.24 Å². The summed E-state index contributed by atoms with van der Waals surface area (Å²) in [5.41, 5.74) is 0. The average molecular weight is 98.1 g/mol. The highest BCUT2D eigenvalue weighted by atomic mass is 15.6. The van der Waals surface area contributed by atoms with Gasteiger partial charge in [0, 0.05) is 19.6 Å². The minimum Gasteiger partial charge on any atom is -0.295 e. The van der Waals surface area contributed by atoms with Crippen LogP contribution in [0.15, 0.2) is 12.7 Å². The van der Waals surface area contributed by atoms with Gasteiger partial charge in [0.1, 0.15) is 0 Å². The van der Waals surface area contributed by atoms with Crippen LogP contribution in [-0.2, 0) is 0 Å². The lowest BCUT2D eigenvalue weighted by Gasteiger charge is -2.28. The first-order chi connectivity index (χ1) is 3.43. The SMILES string of the molecule is C=C[CH]N1CC[14CH2]1. The molecule has 0 bridgehead atoms. The summed E-state index contributed by atoms with van der Waals surface area (Å²) in [4.78, 5) is 2.24. The predicted octanol–water partition coefficient (Wildman–Crippen LogP) is 1.04. The molecular formula is C6H10N. The lowest BCUT2D eigenvalue weighted by atomic mass is 10.4. The molecule has 1 nitrogen and oxygen atoms in total. The largest absolute Gasteiger partial charge is 0.295 e. The molecule has 1 heterocycles. The van der Waals surface area contributed by atoms with E-state index in [-0.39, 0.29) is 0 Å². The normalized spacial score (nSPS) is 21.1. The predicted molar refractivity (Wildman–Crippen MR) is 30.7 cm³/mol. The Kier molecular flexibility index (Phi) is 1.47. The molecule has 1 radical (unpaired) electrons. The number of likely N-dealkylation sites (tertiary alicyclic amines) is 1. The summed E-state index contributed by atoms with van der Waals surface area (Å²) in [7, 11) is 0. The standard InChI is InChI=1S/C6H10N/c1-2-4-7-5-3-6-7/h2,4H,1,3,5-6H2/i5+2. The zero-order chi connectivity index (χ0) is 5.11. The van der Waals surface area contributed by atoms with Gasteiger partial charge in [-0.25, -0.2) is 0 Å². The molecule has 39 valence electrons. The molecule has 1 fully saturated rings. The maximum absolute atomic E-state index is 3.59. The highest BCUT2D eigenvalue weighted by Crippen LogP contribution is 2.06. The van der Waals surface area contributed by atoms with E-state index in [4.69, 9.17) is 0 Å². The molecule has 0 atom stereocenters. The van der Waals surface area contributed by atoms with E-state index in [0.717, 1.165) is 0 Å². The van der Waals surface area contributed by atoms with Crippen LogP contribution in [0.1, 0.15) is 6.42 Å². The summed E-state index contributed by atoms with van der Waals surface area (Å²) >= 11 is 0. The van der Waals surface area contributed by atoms with E-state index in [1.54, 1.807) is 0 Å². The first kappa shape index (κ1) is 4.85. The lowest BCUT2D eigenvalue weighted by molar-refractivity contribution is 0.240. The molecule has 0 aromatic carbocycles. The molecule has 0 amide bonds. The Hall–Kier alpha value is -0.300. The molecule has 0 saturated carbocycles. The molecule has 1 saturated heterocycles. The zero-order valence-corrected chi connectivity index (χ0v) is 4.43. The van der Waals surface area contributed by atoms with E-state index < -0.39 is 0 Å². The Morgan fingerprint density at radius 1 is 1.71 bits per heavy atom. The quantitative estimate of drug-likeness (QED) is 0.498. The Labute approximate surface area is 44.6 Å². The van der Waals surface area contributed by atoms with Gasteiger partial charge in [-0.05, 0) is 6.42 Å². The summed E-state index contributed by atoms with van der Waals surface area (Å²) in [6, 6.07) is 0. The molecule has 0 spiro atoms.